The highest BCUT2D eigenvalue weighted by Gasteiger charge is 2.31. The van der Waals surface area contributed by atoms with Crippen LogP contribution in [0.2, 0.25) is 0 Å². The molecule has 1 atom stereocenters. The van der Waals surface area contributed by atoms with Crippen molar-refractivity contribution in [2.75, 3.05) is 19.6 Å². The highest BCUT2D eigenvalue weighted by Crippen LogP contribution is 2.24. The van der Waals surface area contributed by atoms with Gasteiger partial charge in [0.1, 0.15) is 5.60 Å². The summed E-state index contributed by atoms with van der Waals surface area (Å²) in [5.74, 6) is 0.245. The van der Waals surface area contributed by atoms with E-state index in [9.17, 15) is 9.59 Å². The smallest absolute Gasteiger partial charge is 0.410 e. The van der Waals surface area contributed by atoms with Crippen molar-refractivity contribution >= 4 is 22.9 Å². The number of piperidine rings is 1. The van der Waals surface area contributed by atoms with Gasteiger partial charge >= 0.3 is 6.09 Å². The Morgan fingerprint density at radius 3 is 2.59 bits per heavy atom. The fourth-order valence-electron chi connectivity index (χ4n) is 4.27. The molecule has 2 amide bonds. The Morgan fingerprint density at radius 2 is 1.94 bits per heavy atom. The van der Waals surface area contributed by atoms with Gasteiger partial charge in [-0.1, -0.05) is 11.6 Å². The summed E-state index contributed by atoms with van der Waals surface area (Å²) >= 11 is 0. The lowest BCUT2D eigenvalue weighted by atomic mass is 9.96. The molecule has 1 aliphatic heterocycles. The minimum atomic E-state index is -0.530. The zero-order chi connectivity index (χ0) is 23.6. The van der Waals surface area contributed by atoms with Gasteiger partial charge < -0.3 is 14.5 Å². The van der Waals surface area contributed by atoms with Crippen molar-refractivity contribution < 1.29 is 14.3 Å². The number of ether oxygens (including phenoxy) is 1. The lowest BCUT2D eigenvalue weighted by Crippen LogP contribution is -2.48. The van der Waals surface area contributed by atoms with Crippen LogP contribution in [0.4, 0.5) is 4.79 Å². The molecule has 1 fully saturated rings. The third-order valence-corrected chi connectivity index (χ3v) is 5.90. The maximum atomic E-state index is 13.4. The van der Waals surface area contributed by atoms with Crippen LogP contribution in [-0.2, 0) is 4.74 Å². The summed E-state index contributed by atoms with van der Waals surface area (Å²) in [5, 5.41) is 0.989. The molecule has 0 saturated carbocycles. The molecule has 6 heteroatoms. The number of carbonyl (C=O) groups is 2. The molecule has 1 aliphatic rings. The standard InChI is InChI=1S/C26H37N3O3/c1-17(2)29(25(31)32-26(5,6)7)16-20-9-8-12-28(15-20)24(30)22-14-21-13-18(3)10-11-23(21)27-19(22)4/h10-11,13-14,17,20H,8-9,12,15-16H2,1-7H3. The fraction of sp³-hybridized carbons (Fsp3) is 0.577. The number of hydrogen-bond donors (Lipinski definition) is 0. The summed E-state index contributed by atoms with van der Waals surface area (Å²) in [7, 11) is 0. The van der Waals surface area contributed by atoms with Crippen LogP contribution in [0.25, 0.3) is 10.9 Å². The second-order valence-corrected chi connectivity index (χ2v) is 10.3. The Balaban J connectivity index is 1.75. The summed E-state index contributed by atoms with van der Waals surface area (Å²) in [6.45, 7) is 15.5. The molecule has 1 aromatic carbocycles. The molecule has 3 rings (SSSR count). The number of likely N-dealkylation sites (tertiary alicyclic amines) is 1. The van der Waals surface area contributed by atoms with Crippen molar-refractivity contribution in [2.24, 2.45) is 5.92 Å². The van der Waals surface area contributed by atoms with Crippen molar-refractivity contribution in [3.8, 4) is 0 Å². The van der Waals surface area contributed by atoms with E-state index < -0.39 is 5.60 Å². The molecule has 0 N–H and O–H groups in total. The van der Waals surface area contributed by atoms with Crippen molar-refractivity contribution in [1.82, 2.24) is 14.8 Å². The summed E-state index contributed by atoms with van der Waals surface area (Å²) in [4.78, 5) is 34.5. The van der Waals surface area contributed by atoms with Crippen molar-refractivity contribution in [2.45, 2.75) is 73.0 Å². The number of rotatable bonds is 4. The van der Waals surface area contributed by atoms with Gasteiger partial charge in [0.15, 0.2) is 0 Å². The van der Waals surface area contributed by atoms with Gasteiger partial charge in [-0.2, -0.15) is 0 Å². The predicted molar refractivity (Wildman–Crippen MR) is 128 cm³/mol. The van der Waals surface area contributed by atoms with Crippen molar-refractivity contribution in [3.05, 3.63) is 41.1 Å². The van der Waals surface area contributed by atoms with Gasteiger partial charge in [0.05, 0.1) is 16.8 Å². The minimum Gasteiger partial charge on any atom is -0.444 e. The molecule has 2 heterocycles. The van der Waals surface area contributed by atoms with Crippen LogP contribution >= 0.6 is 0 Å². The van der Waals surface area contributed by atoms with Gasteiger partial charge in [0.25, 0.3) is 5.91 Å². The lowest BCUT2D eigenvalue weighted by Gasteiger charge is -2.37. The fourth-order valence-corrected chi connectivity index (χ4v) is 4.27. The molecular weight excluding hydrogens is 402 g/mol. The number of carbonyl (C=O) groups excluding carboxylic acids is 2. The zero-order valence-electron chi connectivity index (χ0n) is 20.6. The second kappa shape index (κ2) is 9.47. The number of fused-ring (bicyclic) bond motifs is 1. The number of aromatic nitrogens is 1. The van der Waals surface area contributed by atoms with Gasteiger partial charge in [-0.25, -0.2) is 4.79 Å². The summed E-state index contributed by atoms with van der Waals surface area (Å²) in [6, 6.07) is 8.11. The van der Waals surface area contributed by atoms with Gasteiger partial charge in [0, 0.05) is 31.1 Å². The molecule has 1 aromatic heterocycles. The van der Waals surface area contributed by atoms with E-state index in [2.05, 4.69) is 11.1 Å². The largest absolute Gasteiger partial charge is 0.444 e. The van der Waals surface area contributed by atoms with E-state index in [4.69, 9.17) is 4.74 Å². The van der Waals surface area contributed by atoms with Gasteiger partial charge in [-0.05, 0) is 85.4 Å². The number of amides is 2. The first-order valence-corrected chi connectivity index (χ1v) is 11.6. The first kappa shape index (κ1) is 24.0. The molecule has 0 radical (unpaired) electrons. The number of hydrogen-bond acceptors (Lipinski definition) is 4. The van der Waals surface area contributed by atoms with Gasteiger partial charge in [-0.3, -0.25) is 9.78 Å². The number of nitrogens with zero attached hydrogens (tertiary/aromatic N) is 3. The van der Waals surface area contributed by atoms with E-state index in [1.807, 2.05) is 71.6 Å². The van der Waals surface area contributed by atoms with E-state index >= 15 is 0 Å². The van der Waals surface area contributed by atoms with Crippen LogP contribution in [0.5, 0.6) is 0 Å². The number of aryl methyl sites for hydroxylation is 2. The van der Waals surface area contributed by atoms with E-state index in [0.717, 1.165) is 41.5 Å². The van der Waals surface area contributed by atoms with Crippen LogP contribution in [-0.4, -0.2) is 58.1 Å². The minimum absolute atomic E-state index is 0.0245. The maximum absolute atomic E-state index is 13.4. The topological polar surface area (TPSA) is 62.7 Å². The average molecular weight is 440 g/mol. The lowest BCUT2D eigenvalue weighted by molar-refractivity contribution is 0.0124. The maximum Gasteiger partial charge on any atom is 0.410 e. The summed E-state index contributed by atoms with van der Waals surface area (Å²) in [6.07, 6.45) is 1.63. The van der Waals surface area contributed by atoms with Crippen LogP contribution < -0.4 is 0 Å². The summed E-state index contributed by atoms with van der Waals surface area (Å²) < 4.78 is 5.61. The van der Waals surface area contributed by atoms with Gasteiger partial charge in [0.2, 0.25) is 0 Å². The van der Waals surface area contributed by atoms with Crippen LogP contribution in [0.1, 0.15) is 69.1 Å². The molecule has 32 heavy (non-hydrogen) atoms. The van der Waals surface area contributed by atoms with Gasteiger partial charge in [-0.15, -0.1) is 0 Å². The van der Waals surface area contributed by atoms with Crippen LogP contribution in [0.15, 0.2) is 24.3 Å². The molecule has 6 nitrogen and oxygen atoms in total. The first-order valence-electron chi connectivity index (χ1n) is 11.6. The predicted octanol–water partition coefficient (Wildman–Crippen LogP) is 5.35. The monoisotopic (exact) mass is 439 g/mol. The SMILES string of the molecule is Cc1ccc2nc(C)c(C(=O)N3CCCC(CN(C(=O)OC(C)(C)C)C(C)C)C3)cc2c1. The molecule has 2 aromatic rings. The Bertz CT molecular complexity index is 994. The van der Waals surface area contributed by atoms with Crippen molar-refractivity contribution in [1.29, 1.82) is 0 Å². The summed E-state index contributed by atoms with van der Waals surface area (Å²) in [5.41, 5.74) is 2.95. The van der Waals surface area contributed by atoms with E-state index in [-0.39, 0.29) is 24.0 Å². The first-order chi connectivity index (χ1) is 14.9. The molecule has 1 saturated heterocycles. The van der Waals surface area contributed by atoms with Crippen LogP contribution in [0, 0.1) is 19.8 Å². The Morgan fingerprint density at radius 1 is 1.22 bits per heavy atom. The molecule has 0 bridgehead atoms. The molecule has 174 valence electrons. The third-order valence-electron chi connectivity index (χ3n) is 5.90. The highest BCUT2D eigenvalue weighted by molar-refractivity contribution is 5.98. The number of pyridine rings is 1. The Hall–Kier alpha value is -2.63. The van der Waals surface area contributed by atoms with E-state index in [0.29, 0.717) is 18.7 Å². The molecule has 1 unspecified atom stereocenters. The molecular formula is C26H37N3O3. The van der Waals surface area contributed by atoms with E-state index in [1.165, 1.54) is 0 Å². The van der Waals surface area contributed by atoms with E-state index in [1.54, 1.807) is 4.90 Å². The molecule has 0 aliphatic carbocycles. The highest BCUT2D eigenvalue weighted by atomic mass is 16.6. The van der Waals surface area contributed by atoms with Crippen LogP contribution in [0.3, 0.4) is 0 Å². The average Bonchev–Trinajstić information content (AvgIpc) is 2.70. The Kier molecular flexibility index (Phi) is 7.11. The number of benzene rings is 1. The normalized spacial score (nSPS) is 17.0. The molecule has 0 spiro atoms. The quantitative estimate of drug-likeness (QED) is 0.644. The second-order valence-electron chi connectivity index (χ2n) is 10.3. The van der Waals surface area contributed by atoms with Crippen molar-refractivity contribution in [3.63, 3.8) is 0 Å². The third kappa shape index (κ3) is 5.78. The Labute approximate surface area is 191 Å². The zero-order valence-corrected chi connectivity index (χ0v) is 20.6.